The lowest BCUT2D eigenvalue weighted by Gasteiger charge is -2.38. The van der Waals surface area contributed by atoms with Gasteiger partial charge in [0.1, 0.15) is 36.6 Å². The lowest BCUT2D eigenvalue weighted by molar-refractivity contribution is -0.145. The number of rotatable bonds is 10. The first kappa shape index (κ1) is 42.3. The second kappa shape index (κ2) is 17.8. The summed E-state index contributed by atoms with van der Waals surface area (Å²) in [5, 5.41) is 3.83. The SMILES string of the molecule is COC(=O)[C@H](Cc1ccc(-c2ccnc(C)c2C)cc1)NC(=O)[C@@H]1Cc2cc3c(cc2CN1C(=O)OC(C)(C)C)O[C@@H](c1cccc(OCc2ccc(Cl)c(Cl)c2)c1)CO3. The number of benzene rings is 4. The van der Waals surface area contributed by atoms with E-state index in [1.807, 2.05) is 86.6 Å². The number of fused-ring (bicyclic) bond motifs is 2. The molecule has 0 radical (unpaired) electrons. The number of aryl methyl sites for hydroxylation is 1. The molecule has 2 amide bonds. The Hall–Kier alpha value is -5.78. The number of esters is 1. The maximum absolute atomic E-state index is 14.2. The van der Waals surface area contributed by atoms with E-state index in [1.165, 1.54) is 12.0 Å². The van der Waals surface area contributed by atoms with Crippen LogP contribution in [0.1, 0.15) is 65.9 Å². The fourth-order valence-corrected chi connectivity index (χ4v) is 7.60. The average molecular weight is 853 g/mol. The summed E-state index contributed by atoms with van der Waals surface area (Å²) in [5.74, 6) is 0.553. The van der Waals surface area contributed by atoms with Gasteiger partial charge in [0.05, 0.1) is 23.7 Å². The number of aromatic nitrogens is 1. The number of halogens is 2. The molecule has 3 heterocycles. The molecule has 0 fully saturated rings. The van der Waals surface area contributed by atoms with E-state index in [9.17, 15) is 14.4 Å². The van der Waals surface area contributed by atoms with E-state index in [0.29, 0.717) is 33.9 Å². The third-order valence-corrected chi connectivity index (χ3v) is 11.3. The maximum atomic E-state index is 14.2. The van der Waals surface area contributed by atoms with Gasteiger partial charge in [-0.15, -0.1) is 0 Å². The Labute approximate surface area is 359 Å². The summed E-state index contributed by atoms with van der Waals surface area (Å²) in [6, 6.07) is 24.5. The number of methoxy groups -OCH3 is 1. The zero-order valence-corrected chi connectivity index (χ0v) is 35.9. The van der Waals surface area contributed by atoms with Crippen LogP contribution in [-0.4, -0.2) is 59.3 Å². The molecule has 1 N–H and O–H groups in total. The van der Waals surface area contributed by atoms with Gasteiger partial charge >= 0.3 is 12.1 Å². The highest BCUT2D eigenvalue weighted by molar-refractivity contribution is 6.42. The fraction of sp³-hybridized carbons (Fsp3) is 0.319. The molecule has 0 saturated carbocycles. The van der Waals surface area contributed by atoms with Crippen LogP contribution in [0.2, 0.25) is 10.0 Å². The third-order valence-electron chi connectivity index (χ3n) is 10.6. The van der Waals surface area contributed by atoms with Crippen molar-refractivity contribution in [2.75, 3.05) is 13.7 Å². The zero-order chi connectivity index (χ0) is 42.7. The summed E-state index contributed by atoms with van der Waals surface area (Å²) in [5.41, 5.74) is 7.42. The van der Waals surface area contributed by atoms with Gasteiger partial charge in [0.15, 0.2) is 17.6 Å². The van der Waals surface area contributed by atoms with Crippen LogP contribution < -0.4 is 19.5 Å². The second-order valence-electron chi connectivity index (χ2n) is 16.0. The van der Waals surface area contributed by atoms with Gasteiger partial charge in [-0.05, 0) is 122 Å². The van der Waals surface area contributed by atoms with E-state index in [1.54, 1.807) is 39.1 Å². The summed E-state index contributed by atoms with van der Waals surface area (Å²) in [6.45, 7) is 9.89. The Balaban J connectivity index is 1.08. The Morgan fingerprint density at radius 1 is 0.917 bits per heavy atom. The smallest absolute Gasteiger partial charge is 0.411 e. The largest absolute Gasteiger partial charge is 0.489 e. The van der Waals surface area contributed by atoms with Crippen LogP contribution in [0.3, 0.4) is 0 Å². The molecule has 4 aromatic carbocycles. The van der Waals surface area contributed by atoms with Crippen LogP contribution in [0.5, 0.6) is 17.2 Å². The molecule has 0 saturated heterocycles. The van der Waals surface area contributed by atoms with E-state index in [4.69, 9.17) is 46.9 Å². The van der Waals surface area contributed by atoms with Crippen LogP contribution in [-0.2, 0) is 45.1 Å². The van der Waals surface area contributed by atoms with E-state index in [2.05, 4.69) is 10.3 Å². The molecule has 7 rings (SSSR count). The monoisotopic (exact) mass is 851 g/mol. The highest BCUT2D eigenvalue weighted by Crippen LogP contribution is 2.41. The molecule has 3 atom stereocenters. The van der Waals surface area contributed by atoms with E-state index in [0.717, 1.165) is 50.2 Å². The van der Waals surface area contributed by atoms with Crippen molar-refractivity contribution in [2.24, 2.45) is 0 Å². The van der Waals surface area contributed by atoms with Crippen LogP contribution in [0.15, 0.2) is 91.1 Å². The average Bonchev–Trinajstić information content (AvgIpc) is 3.23. The third kappa shape index (κ3) is 9.80. The van der Waals surface area contributed by atoms with Crippen molar-refractivity contribution in [1.29, 1.82) is 0 Å². The van der Waals surface area contributed by atoms with Crippen LogP contribution in [0.25, 0.3) is 11.1 Å². The van der Waals surface area contributed by atoms with Crippen LogP contribution in [0.4, 0.5) is 4.79 Å². The van der Waals surface area contributed by atoms with Crippen molar-refractivity contribution in [3.63, 3.8) is 0 Å². The summed E-state index contributed by atoms with van der Waals surface area (Å²) in [4.78, 5) is 46.9. The summed E-state index contributed by atoms with van der Waals surface area (Å²) in [7, 11) is 1.28. The Morgan fingerprint density at radius 3 is 2.40 bits per heavy atom. The zero-order valence-electron chi connectivity index (χ0n) is 34.3. The fourth-order valence-electron chi connectivity index (χ4n) is 7.28. The first-order chi connectivity index (χ1) is 28.6. The minimum absolute atomic E-state index is 0.0555. The van der Waals surface area contributed by atoms with E-state index in [-0.39, 0.29) is 26.0 Å². The number of pyridine rings is 1. The Bertz CT molecular complexity index is 2420. The number of nitrogens with zero attached hydrogens (tertiary/aromatic N) is 2. The number of carbonyl (C=O) groups is 3. The molecule has 0 unspecified atom stereocenters. The number of carbonyl (C=O) groups excluding carboxylic acids is 3. The van der Waals surface area contributed by atoms with Gasteiger partial charge in [-0.3, -0.25) is 14.7 Å². The molecule has 13 heteroatoms. The van der Waals surface area contributed by atoms with Gasteiger partial charge in [0.2, 0.25) is 5.91 Å². The van der Waals surface area contributed by atoms with Gasteiger partial charge in [-0.1, -0.05) is 65.7 Å². The van der Waals surface area contributed by atoms with Gasteiger partial charge in [-0.25, -0.2) is 9.59 Å². The highest BCUT2D eigenvalue weighted by atomic mass is 35.5. The lowest BCUT2D eigenvalue weighted by atomic mass is 9.92. The molecule has 5 aromatic rings. The summed E-state index contributed by atoms with van der Waals surface area (Å²) >= 11 is 12.2. The predicted octanol–water partition coefficient (Wildman–Crippen LogP) is 9.33. The lowest BCUT2D eigenvalue weighted by Crippen LogP contribution is -2.56. The van der Waals surface area contributed by atoms with Gasteiger partial charge in [-0.2, -0.15) is 0 Å². The number of nitrogens with one attached hydrogen (secondary N) is 1. The van der Waals surface area contributed by atoms with Crippen molar-refractivity contribution in [3.8, 4) is 28.4 Å². The molecule has 0 aliphatic carbocycles. The van der Waals surface area contributed by atoms with Crippen molar-refractivity contribution in [1.82, 2.24) is 15.2 Å². The quantitative estimate of drug-likeness (QED) is 0.137. The van der Waals surface area contributed by atoms with Crippen molar-refractivity contribution < 1.29 is 38.1 Å². The van der Waals surface area contributed by atoms with E-state index >= 15 is 0 Å². The van der Waals surface area contributed by atoms with Gasteiger partial charge in [0.25, 0.3) is 0 Å². The molecular formula is C47H47Cl2N3O8. The topological polar surface area (TPSA) is 126 Å². The first-order valence-electron chi connectivity index (χ1n) is 19.7. The molecule has 2 aliphatic rings. The highest BCUT2D eigenvalue weighted by Gasteiger charge is 2.40. The summed E-state index contributed by atoms with van der Waals surface area (Å²) < 4.78 is 29.7. The summed E-state index contributed by atoms with van der Waals surface area (Å²) in [6.07, 6.45) is 1.000. The Kier molecular flexibility index (Phi) is 12.6. The van der Waals surface area contributed by atoms with Crippen molar-refractivity contribution in [3.05, 3.63) is 140 Å². The number of amides is 2. The number of hydrogen-bond donors (Lipinski definition) is 1. The molecule has 312 valence electrons. The molecule has 0 bridgehead atoms. The molecule has 1 aromatic heterocycles. The Morgan fingerprint density at radius 2 is 1.67 bits per heavy atom. The molecule has 60 heavy (non-hydrogen) atoms. The predicted molar refractivity (Wildman–Crippen MR) is 229 cm³/mol. The van der Waals surface area contributed by atoms with Crippen molar-refractivity contribution >= 4 is 41.2 Å². The van der Waals surface area contributed by atoms with Crippen LogP contribution in [0, 0.1) is 13.8 Å². The first-order valence-corrected chi connectivity index (χ1v) is 20.4. The molecule has 2 aliphatic heterocycles. The normalized spacial score (nSPS) is 16.3. The minimum Gasteiger partial charge on any atom is -0.489 e. The minimum atomic E-state index is -1.02. The van der Waals surface area contributed by atoms with E-state index < -0.39 is 41.8 Å². The number of hydrogen-bond acceptors (Lipinski definition) is 9. The molecular weight excluding hydrogens is 805 g/mol. The standard InChI is InChI=1S/C47H47Cl2N3O8/c1-27-28(2)50-17-16-36(27)31-13-10-29(11-14-31)19-39(45(54)56-6)51-44(53)40-21-33-22-41-42(23-34(33)24-52(40)46(55)60-47(3,4)5)59-43(26-58-41)32-8-7-9-35(20-32)57-25-30-12-15-37(48)38(49)18-30/h7-18,20,22-23,39-40,43H,19,21,24-26H2,1-6H3,(H,51,53)/t39-,40-,43+/m0/s1. The maximum Gasteiger partial charge on any atom is 0.411 e. The molecule has 0 spiro atoms. The second-order valence-corrected chi connectivity index (χ2v) is 16.8. The van der Waals surface area contributed by atoms with Crippen LogP contribution >= 0.6 is 23.2 Å². The number of ether oxygens (including phenoxy) is 5. The van der Waals surface area contributed by atoms with Gasteiger partial charge < -0.3 is 29.0 Å². The van der Waals surface area contributed by atoms with Gasteiger partial charge in [0, 0.05) is 24.7 Å². The van der Waals surface area contributed by atoms with Crippen molar-refractivity contribution in [2.45, 2.75) is 84.4 Å². The molecule has 11 nitrogen and oxygen atoms in total.